The van der Waals surface area contributed by atoms with Crippen LogP contribution in [-0.4, -0.2) is 36.5 Å². The van der Waals surface area contributed by atoms with Crippen LogP contribution in [-0.2, 0) is 14.4 Å². The van der Waals surface area contributed by atoms with Crippen molar-refractivity contribution in [2.24, 2.45) is 5.92 Å². The van der Waals surface area contributed by atoms with Gasteiger partial charge in [-0.25, -0.2) is 0 Å². The van der Waals surface area contributed by atoms with Gasteiger partial charge in [-0.3, -0.25) is 4.79 Å². The predicted octanol–water partition coefficient (Wildman–Crippen LogP) is 1.95. The second-order valence-corrected chi connectivity index (χ2v) is 10.0. The van der Waals surface area contributed by atoms with E-state index in [-0.39, 0.29) is 11.8 Å². The molecule has 228 valence electrons. The van der Waals surface area contributed by atoms with Crippen LogP contribution in [0.2, 0.25) is 0 Å². The van der Waals surface area contributed by atoms with Crippen LogP contribution in [0.4, 0.5) is 0 Å². The van der Waals surface area contributed by atoms with Gasteiger partial charge in [0.1, 0.15) is 6.04 Å². The van der Waals surface area contributed by atoms with Crippen LogP contribution in [0.25, 0.3) is 0 Å². The van der Waals surface area contributed by atoms with Crippen LogP contribution in [0.1, 0.15) is 97.8 Å². The number of carbonyl (C=O) groups is 3. The van der Waals surface area contributed by atoms with Crippen molar-refractivity contribution in [1.29, 1.82) is 0 Å². The summed E-state index contributed by atoms with van der Waals surface area (Å²) in [6.45, 7) is 6.84. The number of allylic oxidation sites excluding steroid dienone is 10. The Morgan fingerprint density at radius 3 is 1.68 bits per heavy atom. The fourth-order valence-corrected chi connectivity index (χ4v) is 3.39. The molecule has 0 heterocycles. The van der Waals surface area contributed by atoms with Gasteiger partial charge in [-0.1, -0.05) is 81.5 Å². The van der Waals surface area contributed by atoms with E-state index >= 15 is 0 Å². The fraction of sp³-hybridized carbons (Fsp3) is 0.594. The zero-order valence-electron chi connectivity index (χ0n) is 25.2. The van der Waals surface area contributed by atoms with E-state index < -0.39 is 24.0 Å². The highest BCUT2D eigenvalue weighted by atomic mass is 16.4. The molecule has 0 radical (unpaired) electrons. The molecule has 2 atom stereocenters. The number of unbranched alkanes of at least 4 members (excludes halogenated alkanes) is 2. The van der Waals surface area contributed by atoms with Crippen LogP contribution in [0.3, 0.4) is 0 Å². The molecule has 0 saturated carbocycles. The highest BCUT2D eigenvalue weighted by Crippen LogP contribution is 2.06. The molecule has 8 heteroatoms. The first kappa shape index (κ1) is 39.2. The number of quaternary nitrogens is 2. The van der Waals surface area contributed by atoms with Gasteiger partial charge in [0.05, 0.1) is 24.5 Å². The summed E-state index contributed by atoms with van der Waals surface area (Å²) in [7, 11) is 0. The number of carboxylic acid groups (broad SMARTS) is 2. The summed E-state index contributed by atoms with van der Waals surface area (Å²) in [5.41, 5.74) is 7.07. The summed E-state index contributed by atoms with van der Waals surface area (Å²) in [6, 6.07) is -1.45. The monoisotopic (exact) mass is 561 g/mol. The van der Waals surface area contributed by atoms with Crippen molar-refractivity contribution in [3.05, 3.63) is 60.8 Å². The molecule has 40 heavy (non-hydrogen) atoms. The number of carbonyl (C=O) groups excluding carboxylic acids is 3. The van der Waals surface area contributed by atoms with Gasteiger partial charge in [0.2, 0.25) is 5.91 Å². The third-order valence-corrected chi connectivity index (χ3v) is 5.65. The summed E-state index contributed by atoms with van der Waals surface area (Å²) in [6.07, 6.45) is 31.1. The van der Waals surface area contributed by atoms with Crippen LogP contribution in [0.15, 0.2) is 60.8 Å². The molecule has 0 spiro atoms. The summed E-state index contributed by atoms with van der Waals surface area (Å²) < 4.78 is 0. The van der Waals surface area contributed by atoms with E-state index in [1.54, 1.807) is 0 Å². The minimum absolute atomic E-state index is 0.189. The van der Waals surface area contributed by atoms with Gasteiger partial charge in [0.25, 0.3) is 0 Å². The van der Waals surface area contributed by atoms with E-state index in [1.807, 2.05) is 13.8 Å². The van der Waals surface area contributed by atoms with Gasteiger partial charge in [0.15, 0.2) is 0 Å². The average molecular weight is 562 g/mol. The van der Waals surface area contributed by atoms with E-state index in [1.165, 1.54) is 0 Å². The summed E-state index contributed by atoms with van der Waals surface area (Å²) in [4.78, 5) is 33.0. The van der Waals surface area contributed by atoms with E-state index in [2.05, 4.69) is 84.5 Å². The lowest BCUT2D eigenvalue weighted by atomic mass is 10.0. The molecule has 0 aromatic carbocycles. The second-order valence-electron chi connectivity index (χ2n) is 10.0. The Morgan fingerprint density at radius 2 is 1.25 bits per heavy atom. The first-order valence-electron chi connectivity index (χ1n) is 14.7. The van der Waals surface area contributed by atoms with Gasteiger partial charge >= 0.3 is 0 Å². The molecule has 0 saturated heterocycles. The minimum Gasteiger partial charge on any atom is -0.548 e. The normalized spacial score (nSPS) is 13.4. The fourth-order valence-electron chi connectivity index (χ4n) is 3.39. The number of nitrogens with one attached hydrogen (secondary N) is 1. The van der Waals surface area contributed by atoms with Gasteiger partial charge in [0, 0.05) is 12.8 Å². The van der Waals surface area contributed by atoms with Crippen molar-refractivity contribution >= 4 is 17.8 Å². The average Bonchev–Trinajstić information content (AvgIpc) is 2.90. The topological polar surface area (TPSA) is 165 Å². The predicted molar refractivity (Wildman–Crippen MR) is 158 cm³/mol. The Hall–Kier alpha value is -2.97. The SMILES string of the molecule is CC/C=C\C/C=C\C/C=C\C/C=C\C/C=C\CCCC(=O)N[C@@H](CC(C)C)C(=O)[O-].[NH3+]CCCC[C@H]([NH3+])C(=O)[O-]. The van der Waals surface area contributed by atoms with Crippen LogP contribution in [0, 0.1) is 5.92 Å². The molecule has 7 N–H and O–H groups in total. The number of carboxylic acids is 2. The molecule has 0 aromatic rings. The Labute approximate surface area is 242 Å². The quantitative estimate of drug-likeness (QED) is 0.136. The molecule has 0 unspecified atom stereocenters. The van der Waals surface area contributed by atoms with Crippen molar-refractivity contribution in [2.75, 3.05) is 6.54 Å². The Kier molecular flexibility index (Phi) is 28.4. The molecule has 1 amide bonds. The van der Waals surface area contributed by atoms with Crippen molar-refractivity contribution < 1.29 is 36.1 Å². The number of rotatable bonds is 22. The Balaban J connectivity index is 0. The molecule has 0 rings (SSSR count). The first-order chi connectivity index (χ1) is 19.1. The number of amides is 1. The maximum absolute atomic E-state index is 11.8. The van der Waals surface area contributed by atoms with Crippen LogP contribution in [0.5, 0.6) is 0 Å². The molecule has 0 aliphatic rings. The lowest BCUT2D eigenvalue weighted by Gasteiger charge is -2.21. The number of aliphatic carboxylic acids is 2. The van der Waals surface area contributed by atoms with Crippen molar-refractivity contribution in [3.63, 3.8) is 0 Å². The van der Waals surface area contributed by atoms with E-state index in [4.69, 9.17) is 0 Å². The standard InChI is InChI=1S/C26H41NO3.C6H14N2O2/c1-4-5-6-7-8-9-10-11-12-13-14-15-16-17-18-19-20-21-25(28)27-24(26(29)30)22-23(2)3;7-4-2-1-3-5(8)6(9)10/h5-6,8-9,11-12,14-15,17-18,23-24H,4,7,10,13,16,19-22H2,1-3H3,(H,27,28)(H,29,30);5H,1-4,7-8H2,(H,9,10)/b6-5-,9-8-,12-11-,15-14-,18-17-;/t24-;5-/m00/s1. The minimum atomic E-state index is -1.21. The first-order valence-corrected chi connectivity index (χ1v) is 14.7. The smallest absolute Gasteiger partial charge is 0.220 e. The lowest BCUT2D eigenvalue weighted by Crippen LogP contribution is -2.68. The van der Waals surface area contributed by atoms with Crippen molar-refractivity contribution in [3.8, 4) is 0 Å². The molecule has 0 fully saturated rings. The second kappa shape index (κ2) is 29.0. The Morgan fingerprint density at radius 1 is 0.750 bits per heavy atom. The van der Waals surface area contributed by atoms with Crippen molar-refractivity contribution in [1.82, 2.24) is 5.32 Å². The molecular weight excluding hydrogens is 506 g/mol. The van der Waals surface area contributed by atoms with Crippen LogP contribution >= 0.6 is 0 Å². The molecule has 8 nitrogen and oxygen atoms in total. The lowest BCUT2D eigenvalue weighted by molar-refractivity contribution is -0.439. The van der Waals surface area contributed by atoms with Gasteiger partial charge in [-0.15, -0.1) is 0 Å². The maximum Gasteiger partial charge on any atom is 0.220 e. The number of hydrogen-bond donors (Lipinski definition) is 3. The van der Waals surface area contributed by atoms with Gasteiger partial charge < -0.3 is 36.6 Å². The molecule has 0 aliphatic carbocycles. The molecule has 0 aliphatic heterocycles. The zero-order valence-corrected chi connectivity index (χ0v) is 25.2. The van der Waals surface area contributed by atoms with Crippen LogP contribution < -0.4 is 27.0 Å². The number of hydrogen-bond acceptors (Lipinski definition) is 5. The van der Waals surface area contributed by atoms with E-state index in [9.17, 15) is 24.6 Å². The van der Waals surface area contributed by atoms with Gasteiger partial charge in [-0.2, -0.15) is 0 Å². The maximum atomic E-state index is 11.8. The molecular formula is C32H55N3O5. The largest absolute Gasteiger partial charge is 0.548 e. The summed E-state index contributed by atoms with van der Waals surface area (Å²) in [5.74, 6) is -2.30. The van der Waals surface area contributed by atoms with Gasteiger partial charge in [-0.05, 0) is 70.1 Å². The molecule has 0 bridgehead atoms. The zero-order chi connectivity index (χ0) is 30.4. The third kappa shape index (κ3) is 29.6. The highest BCUT2D eigenvalue weighted by Gasteiger charge is 2.14. The van der Waals surface area contributed by atoms with Crippen molar-refractivity contribution in [2.45, 2.75) is 110 Å². The van der Waals surface area contributed by atoms with E-state index in [0.717, 1.165) is 57.9 Å². The third-order valence-electron chi connectivity index (χ3n) is 5.65. The summed E-state index contributed by atoms with van der Waals surface area (Å²) >= 11 is 0. The molecule has 0 aromatic heterocycles. The van der Waals surface area contributed by atoms with E-state index in [0.29, 0.717) is 25.7 Å². The summed E-state index contributed by atoms with van der Waals surface area (Å²) in [5, 5.41) is 23.7. The highest BCUT2D eigenvalue weighted by molar-refractivity contribution is 5.82. The Bertz CT molecular complexity index is 800.